The zero-order valence-electron chi connectivity index (χ0n) is 16.3. The molecule has 6 heteroatoms. The Balaban J connectivity index is 1.89. The standard InChI is InChI=1S/C22H21N3O3/c1-14-6-5-7-15(10-14)16-8-9-18-19(11-16)25(24-23-18)17-12-20(26-2)22(28-4)21(13-17)27-3/h5-13H,1-4H3. The Kier molecular flexibility index (Phi) is 4.61. The van der Waals surface area contributed by atoms with Crippen LogP contribution in [0.3, 0.4) is 0 Å². The molecule has 0 fully saturated rings. The van der Waals surface area contributed by atoms with Crippen molar-refractivity contribution in [1.82, 2.24) is 15.0 Å². The molecule has 0 spiro atoms. The normalized spacial score (nSPS) is 10.9. The number of fused-ring (bicyclic) bond motifs is 1. The molecule has 0 atom stereocenters. The first-order valence-electron chi connectivity index (χ1n) is 8.87. The number of methoxy groups -OCH3 is 3. The molecule has 0 saturated heterocycles. The van der Waals surface area contributed by atoms with E-state index >= 15 is 0 Å². The summed E-state index contributed by atoms with van der Waals surface area (Å²) in [6.45, 7) is 2.09. The lowest BCUT2D eigenvalue weighted by Crippen LogP contribution is -2.01. The van der Waals surface area contributed by atoms with E-state index in [4.69, 9.17) is 14.2 Å². The average molecular weight is 375 g/mol. The second-order valence-electron chi connectivity index (χ2n) is 6.46. The van der Waals surface area contributed by atoms with E-state index in [0.29, 0.717) is 17.2 Å². The SMILES string of the molecule is COc1cc(-n2nnc3ccc(-c4cccc(C)c4)cc32)cc(OC)c1OC. The average Bonchev–Trinajstić information content (AvgIpc) is 3.15. The summed E-state index contributed by atoms with van der Waals surface area (Å²) >= 11 is 0. The number of nitrogens with zero attached hydrogens (tertiary/aromatic N) is 3. The Bertz CT molecular complexity index is 1130. The first kappa shape index (κ1) is 17.9. The van der Waals surface area contributed by atoms with Crippen molar-refractivity contribution >= 4 is 11.0 Å². The first-order valence-corrected chi connectivity index (χ1v) is 8.87. The van der Waals surface area contributed by atoms with Gasteiger partial charge in [-0.2, -0.15) is 0 Å². The van der Waals surface area contributed by atoms with Gasteiger partial charge in [0.25, 0.3) is 0 Å². The van der Waals surface area contributed by atoms with Crippen molar-refractivity contribution in [3.8, 4) is 34.1 Å². The summed E-state index contributed by atoms with van der Waals surface area (Å²) < 4.78 is 18.1. The fourth-order valence-corrected chi connectivity index (χ4v) is 3.30. The Labute approximate surface area is 163 Å². The van der Waals surface area contributed by atoms with Gasteiger partial charge in [-0.25, -0.2) is 4.68 Å². The van der Waals surface area contributed by atoms with Gasteiger partial charge in [0.15, 0.2) is 11.5 Å². The topological polar surface area (TPSA) is 58.4 Å². The number of benzene rings is 3. The van der Waals surface area contributed by atoms with Crippen molar-refractivity contribution in [3.63, 3.8) is 0 Å². The molecule has 0 N–H and O–H groups in total. The van der Waals surface area contributed by atoms with Crippen molar-refractivity contribution in [3.05, 3.63) is 60.2 Å². The summed E-state index contributed by atoms with van der Waals surface area (Å²) in [5.41, 5.74) is 5.96. The van der Waals surface area contributed by atoms with Crippen molar-refractivity contribution in [2.75, 3.05) is 21.3 Å². The largest absolute Gasteiger partial charge is 0.493 e. The van der Waals surface area contributed by atoms with Gasteiger partial charge in [0.2, 0.25) is 5.75 Å². The van der Waals surface area contributed by atoms with Gasteiger partial charge in [0.05, 0.1) is 32.5 Å². The molecular formula is C22H21N3O3. The predicted octanol–water partition coefficient (Wildman–Crippen LogP) is 4.42. The number of rotatable bonds is 5. The molecule has 4 aromatic rings. The molecular weight excluding hydrogens is 354 g/mol. The minimum absolute atomic E-state index is 0.540. The van der Waals surface area contributed by atoms with E-state index in [0.717, 1.165) is 27.8 Å². The summed E-state index contributed by atoms with van der Waals surface area (Å²) in [6.07, 6.45) is 0. The van der Waals surface area contributed by atoms with E-state index in [-0.39, 0.29) is 0 Å². The van der Waals surface area contributed by atoms with Gasteiger partial charge in [-0.3, -0.25) is 0 Å². The summed E-state index contributed by atoms with van der Waals surface area (Å²) in [4.78, 5) is 0. The number of aryl methyl sites for hydroxylation is 1. The summed E-state index contributed by atoms with van der Waals surface area (Å²) in [6, 6.07) is 18.3. The maximum absolute atomic E-state index is 5.47. The lowest BCUT2D eigenvalue weighted by atomic mass is 10.0. The third-order valence-electron chi connectivity index (χ3n) is 4.69. The minimum atomic E-state index is 0.540. The zero-order valence-corrected chi connectivity index (χ0v) is 16.3. The van der Waals surface area contributed by atoms with Crippen LogP contribution in [0.2, 0.25) is 0 Å². The van der Waals surface area contributed by atoms with Gasteiger partial charge < -0.3 is 14.2 Å². The van der Waals surface area contributed by atoms with E-state index in [1.807, 2.05) is 18.2 Å². The van der Waals surface area contributed by atoms with Gasteiger partial charge in [0, 0.05) is 12.1 Å². The van der Waals surface area contributed by atoms with Gasteiger partial charge in [-0.1, -0.05) is 41.1 Å². The molecule has 0 saturated carbocycles. The van der Waals surface area contributed by atoms with Crippen LogP contribution in [0.4, 0.5) is 0 Å². The van der Waals surface area contributed by atoms with E-state index in [1.165, 1.54) is 5.56 Å². The van der Waals surface area contributed by atoms with E-state index in [9.17, 15) is 0 Å². The van der Waals surface area contributed by atoms with Crippen molar-refractivity contribution < 1.29 is 14.2 Å². The highest BCUT2D eigenvalue weighted by atomic mass is 16.5. The smallest absolute Gasteiger partial charge is 0.203 e. The molecule has 0 amide bonds. The fraction of sp³-hybridized carbons (Fsp3) is 0.182. The molecule has 0 unspecified atom stereocenters. The minimum Gasteiger partial charge on any atom is -0.493 e. The van der Waals surface area contributed by atoms with Crippen LogP contribution >= 0.6 is 0 Å². The maximum atomic E-state index is 5.47. The molecule has 6 nitrogen and oxygen atoms in total. The van der Waals surface area contributed by atoms with Gasteiger partial charge in [-0.05, 0) is 30.2 Å². The Morgan fingerprint density at radius 1 is 0.786 bits per heavy atom. The van der Waals surface area contributed by atoms with Gasteiger partial charge >= 0.3 is 0 Å². The molecule has 142 valence electrons. The number of aromatic nitrogens is 3. The van der Waals surface area contributed by atoms with Gasteiger partial charge in [-0.15, -0.1) is 5.10 Å². The van der Waals surface area contributed by atoms with Crippen LogP contribution < -0.4 is 14.2 Å². The molecule has 4 rings (SSSR count). The third-order valence-corrected chi connectivity index (χ3v) is 4.69. The number of ether oxygens (including phenoxy) is 3. The molecule has 1 aromatic heterocycles. The molecule has 0 aliphatic rings. The third kappa shape index (κ3) is 3.03. The van der Waals surface area contributed by atoms with E-state index < -0.39 is 0 Å². The number of hydrogen-bond donors (Lipinski definition) is 0. The Hall–Kier alpha value is -3.54. The van der Waals surface area contributed by atoms with Crippen molar-refractivity contribution in [1.29, 1.82) is 0 Å². The van der Waals surface area contributed by atoms with Crippen LogP contribution in [0.15, 0.2) is 54.6 Å². The lowest BCUT2D eigenvalue weighted by molar-refractivity contribution is 0.324. The van der Waals surface area contributed by atoms with Crippen LogP contribution in [-0.2, 0) is 0 Å². The Morgan fingerprint density at radius 3 is 2.14 bits per heavy atom. The van der Waals surface area contributed by atoms with Crippen LogP contribution in [0.5, 0.6) is 17.2 Å². The second kappa shape index (κ2) is 7.23. The number of hydrogen-bond acceptors (Lipinski definition) is 5. The second-order valence-corrected chi connectivity index (χ2v) is 6.46. The van der Waals surface area contributed by atoms with Crippen LogP contribution in [0, 0.1) is 6.92 Å². The molecule has 3 aromatic carbocycles. The predicted molar refractivity (Wildman–Crippen MR) is 109 cm³/mol. The summed E-state index contributed by atoms with van der Waals surface area (Å²) in [7, 11) is 4.77. The highest BCUT2D eigenvalue weighted by Gasteiger charge is 2.16. The highest BCUT2D eigenvalue weighted by molar-refractivity contribution is 5.83. The fourth-order valence-electron chi connectivity index (χ4n) is 3.30. The van der Waals surface area contributed by atoms with E-state index in [2.05, 4.69) is 53.6 Å². The van der Waals surface area contributed by atoms with Crippen molar-refractivity contribution in [2.45, 2.75) is 6.92 Å². The first-order chi connectivity index (χ1) is 13.6. The highest BCUT2D eigenvalue weighted by Crippen LogP contribution is 2.39. The monoisotopic (exact) mass is 375 g/mol. The molecule has 0 aliphatic heterocycles. The van der Waals surface area contributed by atoms with Gasteiger partial charge in [0.1, 0.15) is 5.52 Å². The zero-order chi connectivity index (χ0) is 19.7. The lowest BCUT2D eigenvalue weighted by Gasteiger charge is -2.14. The quantitative estimate of drug-likeness (QED) is 0.517. The molecule has 0 aliphatic carbocycles. The molecule has 1 heterocycles. The van der Waals surface area contributed by atoms with Crippen LogP contribution in [0.1, 0.15) is 5.56 Å². The van der Waals surface area contributed by atoms with Crippen molar-refractivity contribution in [2.24, 2.45) is 0 Å². The van der Waals surface area contributed by atoms with E-state index in [1.54, 1.807) is 26.0 Å². The molecule has 0 radical (unpaired) electrons. The van der Waals surface area contributed by atoms with Crippen LogP contribution in [-0.4, -0.2) is 36.3 Å². The summed E-state index contributed by atoms with van der Waals surface area (Å²) in [5, 5.41) is 8.64. The molecule has 28 heavy (non-hydrogen) atoms. The Morgan fingerprint density at radius 2 is 1.50 bits per heavy atom. The van der Waals surface area contributed by atoms with Crippen LogP contribution in [0.25, 0.3) is 27.8 Å². The maximum Gasteiger partial charge on any atom is 0.203 e. The molecule has 0 bridgehead atoms. The summed E-state index contributed by atoms with van der Waals surface area (Å²) in [5.74, 6) is 1.67.